The van der Waals surface area contributed by atoms with Gasteiger partial charge in [0.05, 0.1) is 0 Å². The van der Waals surface area contributed by atoms with Crippen molar-refractivity contribution in [3.63, 3.8) is 0 Å². The van der Waals surface area contributed by atoms with Crippen LogP contribution in [0.2, 0.25) is 0 Å². The summed E-state index contributed by atoms with van der Waals surface area (Å²) in [6.07, 6.45) is 0. The molecule has 1 radical (unpaired) electrons. The topological polar surface area (TPSA) is 0 Å². The molecule has 0 saturated heterocycles. The fourth-order valence-electron chi connectivity index (χ4n) is 0. The van der Waals surface area contributed by atoms with Gasteiger partial charge in [0.15, 0.2) is 0 Å². The number of hydrogen-bond donors (Lipinski definition) is 0. The van der Waals surface area contributed by atoms with Gasteiger partial charge in [0.1, 0.15) is 0 Å². The maximum Gasteiger partial charge on any atom is 0.0156 e. The van der Waals surface area contributed by atoms with Gasteiger partial charge >= 0.3 is 0 Å². The van der Waals surface area contributed by atoms with Gasteiger partial charge in [0.2, 0.25) is 0 Å². The van der Waals surface area contributed by atoms with Crippen LogP contribution in [0.4, 0.5) is 0 Å². The summed E-state index contributed by atoms with van der Waals surface area (Å²) < 4.78 is 0. The van der Waals surface area contributed by atoms with Crippen molar-refractivity contribution < 1.29 is 0 Å². The molecule has 0 aliphatic rings. The molecule has 0 fully saturated rings. The van der Waals surface area contributed by atoms with E-state index in [0.717, 1.165) is 0 Å². The molecule has 0 amide bonds. The minimum atomic E-state index is 0. The van der Waals surface area contributed by atoms with Crippen LogP contribution in [0.5, 0.6) is 0 Å². The van der Waals surface area contributed by atoms with Gasteiger partial charge in [-0.2, -0.15) is 0 Å². The average Bonchev–Trinajstić information content (AvgIpc) is 1.37. The van der Waals surface area contributed by atoms with Crippen LogP contribution < -0.4 is 0 Å². The number of rotatable bonds is 0. The summed E-state index contributed by atoms with van der Waals surface area (Å²) in [7, 11) is 0. The van der Waals surface area contributed by atoms with E-state index < -0.39 is 0 Å². The third-order valence-electron chi connectivity index (χ3n) is 0.0476. The molecule has 3 heteroatoms. The van der Waals surface area contributed by atoms with Crippen LogP contribution >= 0.6 is 23.2 Å². The van der Waals surface area contributed by atoms with Gasteiger partial charge < -0.3 is 0 Å². The van der Waals surface area contributed by atoms with Crippen LogP contribution in [0, 0.1) is 0 Å². The fourth-order valence-corrected chi connectivity index (χ4v) is 0. The molecule has 0 bridgehead atoms. The third kappa shape index (κ3) is 10.9. The molecule has 0 saturated carbocycles. The van der Waals surface area contributed by atoms with Crippen LogP contribution in [-0.2, 0) is 0 Å². The molecule has 5 heavy (non-hydrogen) atoms. The van der Waals surface area contributed by atoms with Crippen LogP contribution in [0.25, 0.3) is 0 Å². The summed E-state index contributed by atoms with van der Waals surface area (Å²) in [5.41, 5.74) is 2.48. The number of halogens is 2. The van der Waals surface area contributed by atoms with E-state index in [2.05, 4.69) is 0 Å². The molecule has 0 unspecified atom stereocenters. The van der Waals surface area contributed by atoms with Crippen molar-refractivity contribution in [2.24, 2.45) is 0 Å². The Bertz CT molecular complexity index is 22.8. The van der Waals surface area contributed by atoms with Crippen molar-refractivity contribution in [1.29, 1.82) is 0 Å². The zero-order valence-corrected chi connectivity index (χ0v) is 6.42. The molecule has 0 aromatic rings. The van der Waals surface area contributed by atoms with E-state index >= 15 is 0 Å². The van der Waals surface area contributed by atoms with Gasteiger partial charge in [-0.3, -0.25) is 0 Å². The maximum absolute atomic E-state index is 4.87. The Morgan fingerprint density at radius 3 is 1.20 bits per heavy atom. The first-order valence-electron chi connectivity index (χ1n) is 0.770. The van der Waals surface area contributed by atoms with E-state index in [-0.39, 0.29) is 29.6 Å². The summed E-state index contributed by atoms with van der Waals surface area (Å²) in [6, 6.07) is 0. The normalized spacial score (nSPS) is 7.60. The summed E-state index contributed by atoms with van der Waals surface area (Å²) in [5.74, 6) is 0. The summed E-state index contributed by atoms with van der Waals surface area (Å²) in [4.78, 5) is 0. The summed E-state index contributed by atoms with van der Waals surface area (Å²) in [5, 5.41) is 0. The van der Waals surface area contributed by atoms with E-state index in [1.165, 1.54) is 11.1 Å². The largest absolute Gasteiger partial charge is 0.0920 e. The monoisotopic (exact) mass is 119 g/mol. The quantitative estimate of drug-likeness (QED) is 0.425. The van der Waals surface area contributed by atoms with Gasteiger partial charge in [0, 0.05) is 40.6 Å². The van der Waals surface area contributed by atoms with Crippen molar-refractivity contribution in [3.8, 4) is 0 Å². The SMILES string of the molecule is ClC=CCl.[Na]. The molecular weight excluding hydrogens is 118 g/mol. The van der Waals surface area contributed by atoms with Crippen molar-refractivity contribution >= 4 is 52.8 Å². The van der Waals surface area contributed by atoms with Crippen molar-refractivity contribution in [2.75, 3.05) is 0 Å². The molecule has 0 aromatic heterocycles. The summed E-state index contributed by atoms with van der Waals surface area (Å²) >= 11 is 9.75. The average molecular weight is 120 g/mol. The molecule has 0 heterocycles. The molecule has 0 aromatic carbocycles. The maximum atomic E-state index is 4.87. The molecule has 0 atom stereocenters. The van der Waals surface area contributed by atoms with Gasteiger partial charge in [-0.15, -0.1) is 0 Å². The Labute approximate surface area is 63.4 Å². The molecule has 25 valence electrons. The van der Waals surface area contributed by atoms with E-state index in [1.54, 1.807) is 0 Å². The van der Waals surface area contributed by atoms with Crippen LogP contribution in [-0.4, -0.2) is 29.6 Å². The molecular formula is C2H2Cl2Na. The van der Waals surface area contributed by atoms with Crippen LogP contribution in [0.1, 0.15) is 0 Å². The van der Waals surface area contributed by atoms with Gasteiger partial charge in [-0.05, 0) is 0 Å². The first-order valence-corrected chi connectivity index (χ1v) is 1.64. The van der Waals surface area contributed by atoms with Crippen molar-refractivity contribution in [1.82, 2.24) is 0 Å². The van der Waals surface area contributed by atoms with Gasteiger partial charge in [0.25, 0.3) is 0 Å². The zero-order chi connectivity index (χ0) is 3.41. The Morgan fingerprint density at radius 1 is 1.00 bits per heavy atom. The Morgan fingerprint density at radius 2 is 1.20 bits per heavy atom. The van der Waals surface area contributed by atoms with E-state index in [9.17, 15) is 0 Å². The Kier molecular flexibility index (Phi) is 17.3. The minimum Gasteiger partial charge on any atom is -0.0920 e. The standard InChI is InChI=1S/C2H2Cl2.Na/c3-1-2-4;/h1-2H;. The van der Waals surface area contributed by atoms with E-state index in [1.807, 2.05) is 0 Å². The molecule has 0 rings (SSSR count). The first kappa shape index (κ1) is 9.58. The summed E-state index contributed by atoms with van der Waals surface area (Å²) in [6.45, 7) is 0. The fraction of sp³-hybridized carbons (Fsp3) is 0. The first-order chi connectivity index (χ1) is 1.91. The third-order valence-corrected chi connectivity index (χ3v) is 0.429. The molecule has 0 spiro atoms. The predicted octanol–water partition coefficient (Wildman–Crippen LogP) is 1.55. The molecule has 0 N–H and O–H groups in total. The van der Waals surface area contributed by atoms with Crippen molar-refractivity contribution in [2.45, 2.75) is 0 Å². The Hall–Kier alpha value is 1.32. The number of hydrogen-bond acceptors (Lipinski definition) is 0. The van der Waals surface area contributed by atoms with E-state index in [4.69, 9.17) is 23.2 Å². The second kappa shape index (κ2) is 9.01. The minimum absolute atomic E-state index is 0. The Balaban J connectivity index is 0. The molecule has 0 aliphatic carbocycles. The van der Waals surface area contributed by atoms with Crippen LogP contribution in [0.15, 0.2) is 11.1 Å². The second-order valence-electron chi connectivity index (χ2n) is 0.252. The predicted molar refractivity (Wildman–Crippen MR) is 26.6 cm³/mol. The van der Waals surface area contributed by atoms with Gasteiger partial charge in [-0.1, -0.05) is 23.2 Å². The second-order valence-corrected chi connectivity index (χ2v) is 0.756. The molecule has 0 aliphatic heterocycles. The van der Waals surface area contributed by atoms with E-state index in [0.29, 0.717) is 0 Å². The van der Waals surface area contributed by atoms with Crippen molar-refractivity contribution in [3.05, 3.63) is 11.1 Å². The zero-order valence-electron chi connectivity index (χ0n) is 2.91. The molecule has 0 nitrogen and oxygen atoms in total. The smallest absolute Gasteiger partial charge is 0.0156 e. The van der Waals surface area contributed by atoms with Crippen LogP contribution in [0.3, 0.4) is 0 Å². The van der Waals surface area contributed by atoms with Gasteiger partial charge in [-0.25, -0.2) is 0 Å².